The van der Waals surface area contributed by atoms with Gasteiger partial charge in [-0.25, -0.2) is 0 Å². The normalized spacial score (nSPS) is 11.1. The zero-order valence-corrected chi connectivity index (χ0v) is 24.2. The molecule has 0 fully saturated rings. The van der Waals surface area contributed by atoms with Crippen LogP contribution in [0, 0.1) is 29.1 Å². The second kappa shape index (κ2) is 20.1. The maximum absolute atomic E-state index is 11.1. The van der Waals surface area contributed by atoms with Crippen LogP contribution in [0.2, 0.25) is 0 Å². The van der Waals surface area contributed by atoms with Crippen LogP contribution in [0.25, 0.3) is 11.2 Å². The summed E-state index contributed by atoms with van der Waals surface area (Å²) < 4.78 is 0. The number of Topliss-reactive ketones (excluding diaryl/α,β-unsaturated/α-hetero) is 1. The summed E-state index contributed by atoms with van der Waals surface area (Å²) in [5.41, 5.74) is 13.1. The minimum absolute atomic E-state index is 0. The standard InChI is InChI=1S/C17H25N.C9H10N2O2.CH4N.W/c1-4-6-16(10-7-14(3)5-2)17-11-8-15(13-18)9-12-17;1-6-3-4-8(10-11-13)5-9(6)7(2)12;1-2;/h8-9,11-12,14,16H,4-7,10H2,1-3H3;3-5H,1-2H3,(H,10,13);2H,1H3;/q;;-1;+2/p-1. The Balaban J connectivity index is 0. The van der Waals surface area contributed by atoms with Crippen molar-refractivity contribution in [3.05, 3.63) is 80.8 Å². The topological polar surface area (TPSA) is 108 Å². The zero-order chi connectivity index (χ0) is 25.2. The molecular formula is C27H38N4O2W. The summed E-state index contributed by atoms with van der Waals surface area (Å²) in [7, 11) is 1.25. The smallest absolute Gasteiger partial charge is 0.680 e. The van der Waals surface area contributed by atoms with E-state index in [2.05, 4.69) is 49.7 Å². The van der Waals surface area contributed by atoms with Gasteiger partial charge in [-0.15, -0.1) is 11.0 Å². The van der Waals surface area contributed by atoms with E-state index in [1.165, 1.54) is 51.6 Å². The van der Waals surface area contributed by atoms with Gasteiger partial charge in [0.05, 0.1) is 11.6 Å². The molecule has 0 heterocycles. The molecule has 0 aliphatic heterocycles. The van der Waals surface area contributed by atoms with E-state index in [1.54, 1.807) is 18.2 Å². The zero-order valence-electron chi connectivity index (χ0n) is 21.3. The number of hydrogen-bond donors (Lipinski definition) is 0. The van der Waals surface area contributed by atoms with Crippen molar-refractivity contribution < 1.29 is 25.9 Å². The minimum Gasteiger partial charge on any atom is -0.680 e. The van der Waals surface area contributed by atoms with Gasteiger partial charge in [0.2, 0.25) is 0 Å². The average molecular weight is 634 g/mol. The van der Waals surface area contributed by atoms with Gasteiger partial charge in [-0.3, -0.25) is 4.79 Å². The third-order valence-electron chi connectivity index (χ3n) is 5.61. The summed E-state index contributed by atoms with van der Waals surface area (Å²) in [6, 6.07) is 15.3. The predicted molar refractivity (Wildman–Crippen MR) is 138 cm³/mol. The van der Waals surface area contributed by atoms with Gasteiger partial charge in [0.1, 0.15) is 0 Å². The summed E-state index contributed by atoms with van der Waals surface area (Å²) in [5, 5.41) is 11.2. The summed E-state index contributed by atoms with van der Waals surface area (Å²) in [4.78, 5) is 20.9. The second-order valence-corrected chi connectivity index (χ2v) is 8.05. The van der Waals surface area contributed by atoms with Crippen molar-refractivity contribution in [3.8, 4) is 6.07 Å². The largest absolute Gasteiger partial charge is 2.00 e. The molecule has 1 N–H and O–H groups in total. The Hall–Kier alpha value is -2.35. The molecule has 34 heavy (non-hydrogen) atoms. The Kier molecular flexibility index (Phi) is 20.0. The van der Waals surface area contributed by atoms with Crippen LogP contribution < -0.4 is 0 Å². The number of nitrogens with one attached hydrogen (secondary N) is 1. The molecule has 0 radical (unpaired) electrons. The number of hydrogen-bond acceptors (Lipinski definition) is 4. The molecule has 0 bridgehead atoms. The Morgan fingerprint density at radius 3 is 2.18 bits per heavy atom. The molecule has 7 heteroatoms. The molecule has 0 saturated heterocycles. The molecule has 6 nitrogen and oxygen atoms in total. The van der Waals surface area contributed by atoms with E-state index in [-0.39, 0.29) is 26.8 Å². The van der Waals surface area contributed by atoms with Crippen molar-refractivity contribution in [3.63, 3.8) is 0 Å². The van der Waals surface area contributed by atoms with Gasteiger partial charge < -0.3 is 11.2 Å². The van der Waals surface area contributed by atoms with Gasteiger partial charge in [-0.2, -0.15) is 17.2 Å². The van der Waals surface area contributed by atoms with Crippen molar-refractivity contribution in [2.45, 2.75) is 72.6 Å². The first-order chi connectivity index (χ1) is 15.9. The number of nitrogens with zero attached hydrogens (tertiary/aromatic N) is 3. The number of ketones is 1. The van der Waals surface area contributed by atoms with Crippen LogP contribution >= 0.6 is 0 Å². The summed E-state index contributed by atoms with van der Waals surface area (Å²) in [5.74, 6) is 1.44. The number of nitriles is 1. The number of benzene rings is 2. The fourth-order valence-electron chi connectivity index (χ4n) is 3.44. The Morgan fingerprint density at radius 1 is 1.09 bits per heavy atom. The molecule has 2 rings (SSSR count). The fourth-order valence-corrected chi connectivity index (χ4v) is 3.44. The number of rotatable bonds is 10. The minimum atomic E-state index is -0.0413. The van der Waals surface area contributed by atoms with Crippen molar-refractivity contribution in [1.82, 2.24) is 0 Å². The third-order valence-corrected chi connectivity index (χ3v) is 5.61. The number of nitroso groups, excluding NO2 is 1. The van der Waals surface area contributed by atoms with E-state index < -0.39 is 0 Å². The summed E-state index contributed by atoms with van der Waals surface area (Å²) >= 11 is 0. The van der Waals surface area contributed by atoms with Crippen LogP contribution in [0.4, 0.5) is 5.69 Å². The molecule has 2 aromatic carbocycles. The second-order valence-electron chi connectivity index (χ2n) is 8.05. The van der Waals surface area contributed by atoms with Crippen molar-refractivity contribution in [2.24, 2.45) is 11.2 Å². The molecule has 2 aromatic rings. The molecular weight excluding hydrogens is 596 g/mol. The molecule has 0 aliphatic rings. The summed E-state index contributed by atoms with van der Waals surface area (Å²) in [6.07, 6.45) is 6.33. The van der Waals surface area contributed by atoms with Crippen LogP contribution in [0.5, 0.6) is 0 Å². The maximum atomic E-state index is 11.1. The number of aryl methyl sites for hydroxylation is 1. The van der Waals surface area contributed by atoms with Crippen molar-refractivity contribution in [1.29, 1.82) is 5.26 Å². The summed E-state index contributed by atoms with van der Waals surface area (Å²) in [6.45, 7) is 10.2. The first-order valence-corrected chi connectivity index (χ1v) is 11.5. The first kappa shape index (κ1) is 33.8. The molecule has 0 saturated carbocycles. The maximum Gasteiger partial charge on any atom is 2.00 e. The quantitative estimate of drug-likeness (QED) is 0.148. The van der Waals surface area contributed by atoms with E-state index in [9.17, 15) is 9.70 Å². The van der Waals surface area contributed by atoms with E-state index in [1.807, 2.05) is 19.1 Å². The SMILES string of the molecule is CC(=O)c1cc([N-]N=O)ccc1C.CCCC(CCC(C)CC)c1ccc(C#N)cc1.C[NH-].[W+2]. The predicted octanol–water partition coefficient (Wildman–Crippen LogP) is 8.82. The van der Waals surface area contributed by atoms with E-state index in [0.717, 1.165) is 17.0 Å². The van der Waals surface area contributed by atoms with Crippen LogP contribution in [0.1, 0.15) is 92.8 Å². The third kappa shape index (κ3) is 12.8. The molecule has 2 atom stereocenters. The fraction of sp³-hybridized carbons (Fsp3) is 0.481. The van der Waals surface area contributed by atoms with Gasteiger partial charge in [0, 0.05) is 5.56 Å². The van der Waals surface area contributed by atoms with E-state index in [4.69, 9.17) is 11.0 Å². The van der Waals surface area contributed by atoms with Crippen LogP contribution in [0.15, 0.2) is 47.8 Å². The molecule has 2 unspecified atom stereocenters. The Morgan fingerprint density at radius 2 is 1.71 bits per heavy atom. The van der Waals surface area contributed by atoms with Crippen LogP contribution in [-0.2, 0) is 21.1 Å². The van der Waals surface area contributed by atoms with Gasteiger partial charge >= 0.3 is 21.1 Å². The molecule has 0 aromatic heterocycles. The van der Waals surface area contributed by atoms with Crippen molar-refractivity contribution in [2.75, 3.05) is 7.05 Å². The van der Waals surface area contributed by atoms with Gasteiger partial charge in [-0.05, 0) is 61.8 Å². The van der Waals surface area contributed by atoms with Gasteiger partial charge in [0.25, 0.3) is 0 Å². The van der Waals surface area contributed by atoms with E-state index in [0.29, 0.717) is 17.2 Å². The Labute approximate surface area is 219 Å². The number of carbonyl (C=O) groups excluding carboxylic acids is 1. The molecule has 0 aliphatic carbocycles. The molecule has 184 valence electrons. The van der Waals surface area contributed by atoms with Crippen LogP contribution in [0.3, 0.4) is 0 Å². The monoisotopic (exact) mass is 634 g/mol. The molecule has 0 amide bonds. The first-order valence-electron chi connectivity index (χ1n) is 11.5. The van der Waals surface area contributed by atoms with Gasteiger partial charge in [0.15, 0.2) is 5.78 Å². The van der Waals surface area contributed by atoms with Gasteiger partial charge in [-0.1, -0.05) is 70.4 Å². The molecule has 0 spiro atoms. The number of carbonyl (C=O) groups is 1. The van der Waals surface area contributed by atoms with Crippen LogP contribution in [-0.4, -0.2) is 12.8 Å². The van der Waals surface area contributed by atoms with E-state index >= 15 is 0 Å². The Bertz CT molecular complexity index is 879. The average Bonchev–Trinajstić information content (AvgIpc) is 2.84. The van der Waals surface area contributed by atoms with Crippen molar-refractivity contribution >= 4 is 11.5 Å².